The number of nitro groups is 1. The summed E-state index contributed by atoms with van der Waals surface area (Å²) >= 11 is 1.58. The zero-order valence-corrected chi connectivity index (χ0v) is 23.7. The predicted molar refractivity (Wildman–Crippen MR) is 160 cm³/mol. The second-order valence-corrected chi connectivity index (χ2v) is 12.7. The summed E-state index contributed by atoms with van der Waals surface area (Å²) in [5.74, 6) is 0.377. The van der Waals surface area contributed by atoms with Crippen molar-refractivity contribution in [2.75, 3.05) is 23.3 Å². The molecule has 7 nitrogen and oxygen atoms in total. The molecule has 204 valence electrons. The number of hydrogen-bond acceptors (Lipinski definition) is 6. The number of piperidine rings is 1. The minimum atomic E-state index is -0.309. The Bertz CT molecular complexity index is 1380. The molecule has 2 aromatic carbocycles. The average molecular weight is 545 g/mol. The van der Waals surface area contributed by atoms with Crippen LogP contribution in [0.5, 0.6) is 0 Å². The fourth-order valence-corrected chi connectivity index (χ4v) is 6.92. The zero-order valence-electron chi connectivity index (χ0n) is 22.9. The van der Waals surface area contributed by atoms with E-state index in [1.54, 1.807) is 23.6 Å². The van der Waals surface area contributed by atoms with Crippen LogP contribution in [0.25, 0.3) is 0 Å². The van der Waals surface area contributed by atoms with Crippen molar-refractivity contribution in [3.05, 3.63) is 80.2 Å². The molecular weight excluding hydrogens is 508 g/mol. The molecule has 0 unspecified atom stereocenters. The van der Waals surface area contributed by atoms with Gasteiger partial charge in [0.05, 0.1) is 10.5 Å². The van der Waals surface area contributed by atoms with E-state index >= 15 is 0 Å². The summed E-state index contributed by atoms with van der Waals surface area (Å²) in [5.41, 5.74) is 4.06. The Morgan fingerprint density at radius 3 is 2.56 bits per heavy atom. The number of para-hydroxylation sites is 1. The monoisotopic (exact) mass is 544 g/mol. The number of rotatable bonds is 6. The first-order valence-electron chi connectivity index (χ1n) is 13.8. The van der Waals surface area contributed by atoms with Gasteiger partial charge in [-0.15, -0.1) is 11.3 Å². The number of benzene rings is 2. The van der Waals surface area contributed by atoms with Crippen molar-refractivity contribution >= 4 is 45.5 Å². The van der Waals surface area contributed by atoms with Crippen molar-refractivity contribution in [2.24, 2.45) is 16.3 Å². The van der Waals surface area contributed by atoms with Gasteiger partial charge < -0.3 is 10.2 Å². The first kappa shape index (κ1) is 27.1. The van der Waals surface area contributed by atoms with Crippen LogP contribution in [0.15, 0.2) is 53.5 Å². The number of hydrogen-bond donors (Lipinski definition) is 1. The number of anilines is 2. The number of carbonyl (C=O) groups excluding carboxylic acids is 1. The summed E-state index contributed by atoms with van der Waals surface area (Å²) in [4.78, 5) is 33.3. The van der Waals surface area contributed by atoms with Crippen LogP contribution < -0.4 is 10.2 Å². The van der Waals surface area contributed by atoms with Crippen molar-refractivity contribution in [3.63, 3.8) is 0 Å². The van der Waals surface area contributed by atoms with Gasteiger partial charge >= 0.3 is 0 Å². The highest BCUT2D eigenvalue weighted by Gasteiger charge is 2.33. The smallest absolute Gasteiger partial charge is 0.293 e. The number of carbonyl (C=O) groups is 1. The topological polar surface area (TPSA) is 87.8 Å². The van der Waals surface area contributed by atoms with Crippen LogP contribution in [0.4, 0.5) is 22.1 Å². The van der Waals surface area contributed by atoms with Gasteiger partial charge in [-0.1, -0.05) is 45.0 Å². The molecule has 1 aromatic heterocycles. The van der Waals surface area contributed by atoms with Crippen LogP contribution in [-0.4, -0.2) is 30.1 Å². The zero-order chi connectivity index (χ0) is 27.6. The second-order valence-electron chi connectivity index (χ2n) is 11.6. The van der Waals surface area contributed by atoms with E-state index in [1.807, 2.05) is 42.5 Å². The summed E-state index contributed by atoms with van der Waals surface area (Å²) in [6, 6.07) is 14.8. The number of fused-ring (bicyclic) bond motifs is 1. The van der Waals surface area contributed by atoms with Gasteiger partial charge in [0.2, 0.25) is 0 Å². The number of nitrogens with zero attached hydrogens (tertiary/aromatic N) is 3. The Morgan fingerprint density at radius 2 is 1.87 bits per heavy atom. The standard InChI is InChI=1S/C31H36N4O3S/c1-31(2,3)22-13-14-24-27(19-22)39-30(28(24)29(36)33-23-10-6-4-7-11-23)32-20-21-12-15-25(26(18-21)35(37)38)34-16-8-5-9-17-34/h4,6-7,10-12,15,18,20,22H,5,8-9,13-14,16-17,19H2,1-3H3,(H,33,36)/t22-/m0/s1. The SMILES string of the molecule is CC(C)(C)[C@H]1CCc2c(sc(N=Cc3ccc(N4CCCCC4)c([N+](=O)[O-])c3)c2C(=O)Nc2ccccc2)C1. The lowest BCUT2D eigenvalue weighted by Gasteiger charge is -2.33. The van der Waals surface area contributed by atoms with E-state index < -0.39 is 0 Å². The Kier molecular flexibility index (Phi) is 7.84. The molecule has 5 rings (SSSR count). The Morgan fingerprint density at radius 1 is 1.13 bits per heavy atom. The van der Waals surface area contributed by atoms with Crippen molar-refractivity contribution in [2.45, 2.75) is 59.3 Å². The third kappa shape index (κ3) is 6.06. The van der Waals surface area contributed by atoms with Crippen LogP contribution in [-0.2, 0) is 12.8 Å². The predicted octanol–water partition coefficient (Wildman–Crippen LogP) is 7.80. The van der Waals surface area contributed by atoms with Crippen molar-refractivity contribution < 1.29 is 9.72 Å². The van der Waals surface area contributed by atoms with Crippen molar-refractivity contribution in [1.29, 1.82) is 0 Å². The van der Waals surface area contributed by atoms with E-state index in [0.717, 1.165) is 62.9 Å². The Labute approximate surface area is 234 Å². The minimum Gasteiger partial charge on any atom is -0.366 e. The summed E-state index contributed by atoms with van der Waals surface area (Å²) < 4.78 is 0. The summed E-state index contributed by atoms with van der Waals surface area (Å²) in [7, 11) is 0. The summed E-state index contributed by atoms with van der Waals surface area (Å²) in [6.07, 6.45) is 7.73. The average Bonchev–Trinajstić information content (AvgIpc) is 3.30. The van der Waals surface area contributed by atoms with E-state index in [-0.39, 0.29) is 21.9 Å². The molecule has 0 radical (unpaired) electrons. The van der Waals surface area contributed by atoms with Gasteiger partial charge in [-0.3, -0.25) is 14.9 Å². The quantitative estimate of drug-likeness (QED) is 0.195. The molecule has 1 aliphatic heterocycles. The van der Waals surface area contributed by atoms with Crippen LogP contribution >= 0.6 is 11.3 Å². The third-order valence-electron chi connectivity index (χ3n) is 7.95. The van der Waals surface area contributed by atoms with Gasteiger partial charge in [0, 0.05) is 35.9 Å². The molecule has 1 N–H and O–H groups in total. The number of nitro benzene ring substituents is 1. The van der Waals surface area contributed by atoms with E-state index in [4.69, 9.17) is 4.99 Å². The number of amides is 1. The fraction of sp³-hybridized carbons (Fsp3) is 0.419. The van der Waals surface area contributed by atoms with Gasteiger partial charge in [0.15, 0.2) is 0 Å². The lowest BCUT2D eigenvalue weighted by molar-refractivity contribution is -0.384. The molecule has 39 heavy (non-hydrogen) atoms. The largest absolute Gasteiger partial charge is 0.366 e. The third-order valence-corrected chi connectivity index (χ3v) is 9.12. The van der Waals surface area contributed by atoms with Gasteiger partial charge in [-0.05, 0) is 79.2 Å². The molecular formula is C31H36N4O3S. The van der Waals surface area contributed by atoms with E-state index in [2.05, 4.69) is 31.0 Å². The maximum Gasteiger partial charge on any atom is 0.293 e. The van der Waals surface area contributed by atoms with Crippen molar-refractivity contribution in [3.8, 4) is 0 Å². The molecule has 1 fully saturated rings. The highest BCUT2D eigenvalue weighted by Crippen LogP contribution is 2.45. The highest BCUT2D eigenvalue weighted by molar-refractivity contribution is 7.16. The minimum absolute atomic E-state index is 0.0985. The number of nitrogens with one attached hydrogen (secondary N) is 1. The molecule has 1 atom stereocenters. The first-order valence-corrected chi connectivity index (χ1v) is 14.6. The molecule has 8 heteroatoms. The van der Waals surface area contributed by atoms with Gasteiger partial charge in [-0.2, -0.15) is 0 Å². The molecule has 0 saturated carbocycles. The van der Waals surface area contributed by atoms with E-state index in [0.29, 0.717) is 27.7 Å². The van der Waals surface area contributed by atoms with Gasteiger partial charge in [0.1, 0.15) is 10.7 Å². The Hall–Kier alpha value is -3.52. The Balaban J connectivity index is 1.48. The van der Waals surface area contributed by atoms with Gasteiger partial charge in [0.25, 0.3) is 11.6 Å². The van der Waals surface area contributed by atoms with Crippen LogP contribution in [0, 0.1) is 21.4 Å². The summed E-state index contributed by atoms with van der Waals surface area (Å²) in [5, 5.41) is 15.6. The van der Waals surface area contributed by atoms with Crippen LogP contribution in [0.2, 0.25) is 0 Å². The molecule has 1 aliphatic carbocycles. The fourth-order valence-electron chi connectivity index (χ4n) is 5.65. The maximum atomic E-state index is 13.5. The maximum absolute atomic E-state index is 13.5. The van der Waals surface area contributed by atoms with E-state index in [9.17, 15) is 14.9 Å². The number of aliphatic imine (C=N–C) groups is 1. The second kappa shape index (κ2) is 11.3. The molecule has 2 heterocycles. The molecule has 0 bridgehead atoms. The van der Waals surface area contributed by atoms with E-state index in [1.165, 1.54) is 4.88 Å². The molecule has 2 aliphatic rings. The van der Waals surface area contributed by atoms with Crippen LogP contribution in [0.1, 0.15) is 72.8 Å². The molecule has 0 spiro atoms. The lowest BCUT2D eigenvalue weighted by atomic mass is 9.72. The molecule has 1 amide bonds. The highest BCUT2D eigenvalue weighted by atomic mass is 32.1. The van der Waals surface area contributed by atoms with Crippen LogP contribution in [0.3, 0.4) is 0 Å². The van der Waals surface area contributed by atoms with Gasteiger partial charge in [-0.25, -0.2) is 4.99 Å². The first-order chi connectivity index (χ1) is 18.7. The molecule has 1 saturated heterocycles. The molecule has 3 aromatic rings. The normalized spacial score (nSPS) is 17.7. The van der Waals surface area contributed by atoms with Crippen molar-refractivity contribution in [1.82, 2.24) is 0 Å². The summed E-state index contributed by atoms with van der Waals surface area (Å²) in [6.45, 7) is 8.51. The number of thiophene rings is 1. The lowest BCUT2D eigenvalue weighted by Crippen LogP contribution is -2.29.